The number of anilines is 1. The highest BCUT2D eigenvalue weighted by atomic mass is 35.5. The topological polar surface area (TPSA) is 78.5 Å². The van der Waals surface area contributed by atoms with Crippen molar-refractivity contribution in [3.05, 3.63) is 24.3 Å². The van der Waals surface area contributed by atoms with E-state index in [-0.39, 0.29) is 29.3 Å². The van der Waals surface area contributed by atoms with E-state index in [1.807, 2.05) is 0 Å². The molecule has 2 saturated heterocycles. The Morgan fingerprint density at radius 2 is 1.95 bits per heavy atom. The molecule has 1 aromatic rings. The molecule has 22 heavy (non-hydrogen) atoms. The summed E-state index contributed by atoms with van der Waals surface area (Å²) in [6.07, 6.45) is 2.23. The number of hydrogen-bond donors (Lipinski definition) is 2. The fourth-order valence-corrected chi connectivity index (χ4v) is 4.04. The highest BCUT2D eigenvalue weighted by molar-refractivity contribution is 7.89. The number of carbonyl (C=O) groups excluding carboxylic acids is 1. The van der Waals surface area contributed by atoms with Crippen molar-refractivity contribution in [3.63, 3.8) is 0 Å². The zero-order chi connectivity index (χ0) is 14.9. The number of halogens is 1. The van der Waals surface area contributed by atoms with Gasteiger partial charge in [0.2, 0.25) is 15.9 Å². The zero-order valence-corrected chi connectivity index (χ0v) is 13.8. The maximum absolute atomic E-state index is 12.3. The molecule has 1 aromatic carbocycles. The largest absolute Gasteiger partial charge is 0.315 e. The molecule has 0 bridgehead atoms. The van der Waals surface area contributed by atoms with Gasteiger partial charge < -0.3 is 10.2 Å². The lowest BCUT2D eigenvalue weighted by Crippen LogP contribution is -2.36. The Bertz CT molecular complexity index is 627. The third-order valence-corrected chi connectivity index (χ3v) is 5.45. The van der Waals surface area contributed by atoms with E-state index in [0.29, 0.717) is 19.5 Å². The lowest BCUT2D eigenvalue weighted by atomic mass is 10.3. The molecular weight excluding hydrogens is 326 g/mol. The van der Waals surface area contributed by atoms with Gasteiger partial charge in [0.15, 0.2) is 0 Å². The first-order valence-corrected chi connectivity index (χ1v) is 8.68. The molecule has 0 aromatic heterocycles. The maximum Gasteiger partial charge on any atom is 0.240 e. The molecule has 2 aliphatic heterocycles. The number of sulfonamides is 1. The van der Waals surface area contributed by atoms with E-state index in [0.717, 1.165) is 25.1 Å². The van der Waals surface area contributed by atoms with Crippen LogP contribution in [0.3, 0.4) is 0 Å². The molecule has 1 atom stereocenters. The Hall–Kier alpha value is -1.15. The Kier molecular flexibility index (Phi) is 5.44. The van der Waals surface area contributed by atoms with Crippen molar-refractivity contribution in [2.75, 3.05) is 24.5 Å². The standard InChI is InChI=1S/C14H19N3O3S.ClH/c18-14-2-1-9-17(14)12-3-5-13(6-4-12)21(19,20)16-11-7-8-15-10-11;/h3-6,11,15-16H,1-2,7-10H2;1H. The van der Waals surface area contributed by atoms with Crippen LogP contribution in [0.5, 0.6) is 0 Å². The number of nitrogens with zero attached hydrogens (tertiary/aromatic N) is 1. The summed E-state index contributed by atoms with van der Waals surface area (Å²) >= 11 is 0. The first kappa shape index (κ1) is 17.2. The van der Waals surface area contributed by atoms with Crippen LogP contribution in [0, 0.1) is 0 Å². The van der Waals surface area contributed by atoms with Gasteiger partial charge in [0.1, 0.15) is 0 Å². The molecule has 2 heterocycles. The molecular formula is C14H20ClN3O3S. The average Bonchev–Trinajstić information content (AvgIpc) is 3.10. The highest BCUT2D eigenvalue weighted by Gasteiger charge is 2.24. The van der Waals surface area contributed by atoms with Crippen molar-refractivity contribution >= 4 is 34.0 Å². The minimum Gasteiger partial charge on any atom is -0.315 e. The average molecular weight is 346 g/mol. The summed E-state index contributed by atoms with van der Waals surface area (Å²) in [5.41, 5.74) is 0.763. The molecule has 0 aliphatic carbocycles. The van der Waals surface area contributed by atoms with Gasteiger partial charge in [0.25, 0.3) is 0 Å². The van der Waals surface area contributed by atoms with Crippen molar-refractivity contribution in [2.24, 2.45) is 0 Å². The van der Waals surface area contributed by atoms with Crippen LogP contribution in [-0.2, 0) is 14.8 Å². The molecule has 122 valence electrons. The molecule has 3 rings (SSSR count). The molecule has 0 saturated carbocycles. The first-order chi connectivity index (χ1) is 10.1. The van der Waals surface area contributed by atoms with Gasteiger partial charge in [0.05, 0.1) is 4.90 Å². The fourth-order valence-electron chi connectivity index (χ4n) is 2.77. The molecule has 1 amide bonds. The van der Waals surface area contributed by atoms with Gasteiger partial charge in [0, 0.05) is 31.2 Å². The number of rotatable bonds is 4. The molecule has 0 spiro atoms. The van der Waals surface area contributed by atoms with Crippen LogP contribution in [0.4, 0.5) is 5.69 Å². The Morgan fingerprint density at radius 1 is 1.23 bits per heavy atom. The van der Waals surface area contributed by atoms with E-state index in [9.17, 15) is 13.2 Å². The first-order valence-electron chi connectivity index (χ1n) is 7.20. The van der Waals surface area contributed by atoms with E-state index >= 15 is 0 Å². The predicted octanol–water partition coefficient (Wildman–Crippen LogP) is 0.875. The summed E-state index contributed by atoms with van der Waals surface area (Å²) in [5, 5.41) is 3.13. The van der Waals surface area contributed by atoms with Crippen molar-refractivity contribution in [2.45, 2.75) is 30.2 Å². The Labute approximate surface area is 136 Å². The molecule has 8 heteroatoms. The molecule has 2 aliphatic rings. The van der Waals surface area contributed by atoms with E-state index < -0.39 is 10.0 Å². The van der Waals surface area contributed by atoms with Crippen LogP contribution >= 0.6 is 12.4 Å². The van der Waals surface area contributed by atoms with Gasteiger partial charge >= 0.3 is 0 Å². The van der Waals surface area contributed by atoms with Gasteiger partial charge in [-0.15, -0.1) is 12.4 Å². The predicted molar refractivity (Wildman–Crippen MR) is 86.9 cm³/mol. The summed E-state index contributed by atoms with van der Waals surface area (Å²) in [6, 6.07) is 6.47. The minimum absolute atomic E-state index is 0. The van der Waals surface area contributed by atoms with Crippen molar-refractivity contribution < 1.29 is 13.2 Å². The summed E-state index contributed by atoms with van der Waals surface area (Å²) in [5.74, 6) is 0.0979. The Morgan fingerprint density at radius 3 is 2.50 bits per heavy atom. The number of amides is 1. The summed E-state index contributed by atoms with van der Waals surface area (Å²) in [7, 11) is -3.49. The molecule has 2 N–H and O–H groups in total. The molecule has 0 radical (unpaired) electrons. The number of benzene rings is 1. The van der Waals surface area contributed by atoms with Gasteiger partial charge in [-0.1, -0.05) is 0 Å². The maximum atomic E-state index is 12.3. The summed E-state index contributed by atoms with van der Waals surface area (Å²) in [6.45, 7) is 2.21. The number of carbonyl (C=O) groups is 1. The summed E-state index contributed by atoms with van der Waals surface area (Å²) in [4.78, 5) is 13.6. The van der Waals surface area contributed by atoms with Crippen LogP contribution in [-0.4, -0.2) is 40.0 Å². The lowest BCUT2D eigenvalue weighted by Gasteiger charge is -2.16. The smallest absolute Gasteiger partial charge is 0.240 e. The third kappa shape index (κ3) is 3.60. The quantitative estimate of drug-likeness (QED) is 0.849. The third-order valence-electron chi connectivity index (χ3n) is 3.91. The second-order valence-electron chi connectivity index (χ2n) is 5.45. The van der Waals surface area contributed by atoms with E-state index in [2.05, 4.69) is 10.0 Å². The van der Waals surface area contributed by atoms with Gasteiger partial charge in [-0.2, -0.15) is 0 Å². The van der Waals surface area contributed by atoms with Crippen LogP contribution in [0.25, 0.3) is 0 Å². The van der Waals surface area contributed by atoms with Crippen molar-refractivity contribution in [1.82, 2.24) is 10.0 Å². The van der Waals surface area contributed by atoms with Crippen LogP contribution < -0.4 is 14.9 Å². The molecule has 2 fully saturated rings. The van der Waals surface area contributed by atoms with Crippen molar-refractivity contribution in [3.8, 4) is 0 Å². The Balaban J connectivity index is 0.00000176. The van der Waals surface area contributed by atoms with E-state index in [4.69, 9.17) is 0 Å². The number of nitrogens with one attached hydrogen (secondary N) is 2. The summed E-state index contributed by atoms with van der Waals surface area (Å²) < 4.78 is 27.2. The molecule has 6 nitrogen and oxygen atoms in total. The van der Waals surface area contributed by atoms with Gasteiger partial charge in [-0.25, -0.2) is 13.1 Å². The van der Waals surface area contributed by atoms with E-state index in [1.165, 1.54) is 0 Å². The highest BCUT2D eigenvalue weighted by Crippen LogP contribution is 2.23. The second-order valence-corrected chi connectivity index (χ2v) is 7.17. The van der Waals surface area contributed by atoms with Crippen molar-refractivity contribution in [1.29, 1.82) is 0 Å². The second kappa shape index (κ2) is 6.95. The number of hydrogen-bond acceptors (Lipinski definition) is 4. The van der Waals surface area contributed by atoms with Gasteiger partial charge in [-0.05, 0) is 43.7 Å². The van der Waals surface area contributed by atoms with Crippen LogP contribution in [0.15, 0.2) is 29.2 Å². The minimum atomic E-state index is -3.49. The zero-order valence-electron chi connectivity index (χ0n) is 12.1. The SMILES string of the molecule is Cl.O=C1CCCN1c1ccc(S(=O)(=O)NC2CCNC2)cc1. The lowest BCUT2D eigenvalue weighted by molar-refractivity contribution is -0.117. The van der Waals surface area contributed by atoms with Crippen LogP contribution in [0.2, 0.25) is 0 Å². The fraction of sp³-hybridized carbons (Fsp3) is 0.500. The van der Waals surface area contributed by atoms with E-state index in [1.54, 1.807) is 29.2 Å². The van der Waals surface area contributed by atoms with Crippen LogP contribution in [0.1, 0.15) is 19.3 Å². The monoisotopic (exact) mass is 345 g/mol. The molecule has 1 unspecified atom stereocenters. The normalized spacial score (nSPS) is 21.9. The van der Waals surface area contributed by atoms with Gasteiger partial charge in [-0.3, -0.25) is 4.79 Å².